The van der Waals surface area contributed by atoms with Crippen LogP contribution in [0.5, 0.6) is 0 Å². The summed E-state index contributed by atoms with van der Waals surface area (Å²) in [4.78, 5) is 41.1. The lowest BCUT2D eigenvalue weighted by atomic mass is 9.96. The first kappa shape index (κ1) is 26.4. The molecule has 0 spiro atoms. The van der Waals surface area contributed by atoms with Crippen LogP contribution < -0.4 is 0 Å². The summed E-state index contributed by atoms with van der Waals surface area (Å²) in [7, 11) is 0. The van der Waals surface area contributed by atoms with Crippen LogP contribution in [0.4, 0.5) is 0 Å². The maximum atomic E-state index is 13.0. The molecule has 1 heterocycles. The van der Waals surface area contributed by atoms with Gasteiger partial charge < -0.3 is 24.1 Å². The fourth-order valence-corrected chi connectivity index (χ4v) is 3.85. The van der Waals surface area contributed by atoms with Crippen molar-refractivity contribution in [3.05, 3.63) is 118 Å². The monoisotopic (exact) mass is 517 g/mol. The van der Waals surface area contributed by atoms with Gasteiger partial charge in [-0.15, -0.1) is 0 Å². The molecule has 5 unspecified atom stereocenters. The molecule has 1 saturated heterocycles. The van der Waals surface area contributed by atoms with Crippen LogP contribution in [0.25, 0.3) is 10.4 Å². The fourth-order valence-electron chi connectivity index (χ4n) is 3.85. The second-order valence-corrected chi connectivity index (χ2v) is 8.20. The summed E-state index contributed by atoms with van der Waals surface area (Å²) >= 11 is 0. The van der Waals surface area contributed by atoms with Crippen LogP contribution in [0.3, 0.4) is 0 Å². The minimum atomic E-state index is -1.76. The van der Waals surface area contributed by atoms with Crippen molar-refractivity contribution in [2.75, 3.05) is 6.61 Å². The van der Waals surface area contributed by atoms with Gasteiger partial charge in [0, 0.05) is 4.91 Å². The molecule has 1 N–H and O–H groups in total. The summed E-state index contributed by atoms with van der Waals surface area (Å²) in [6.45, 7) is -0.472. The van der Waals surface area contributed by atoms with Crippen LogP contribution in [0.2, 0.25) is 0 Å². The number of azide groups is 1. The molecule has 0 saturated carbocycles. The molecule has 0 bridgehead atoms. The van der Waals surface area contributed by atoms with E-state index >= 15 is 0 Å². The highest BCUT2D eigenvalue weighted by molar-refractivity contribution is 5.91. The van der Waals surface area contributed by atoms with Gasteiger partial charge in [-0.25, -0.2) is 14.4 Å². The van der Waals surface area contributed by atoms with Crippen molar-refractivity contribution in [3.8, 4) is 0 Å². The van der Waals surface area contributed by atoms with Gasteiger partial charge in [0.15, 0.2) is 18.5 Å². The molecule has 194 valence electrons. The second-order valence-electron chi connectivity index (χ2n) is 8.20. The number of aliphatic hydroxyl groups excluding tert-OH is 1. The predicted octanol–water partition coefficient (Wildman–Crippen LogP) is 3.69. The van der Waals surface area contributed by atoms with E-state index in [1.807, 2.05) is 0 Å². The Hall–Kier alpha value is -4.70. The number of benzene rings is 3. The highest BCUT2D eigenvalue weighted by Crippen LogP contribution is 2.29. The van der Waals surface area contributed by atoms with Gasteiger partial charge in [-0.2, -0.15) is 0 Å². The lowest BCUT2D eigenvalue weighted by Gasteiger charge is -2.42. The minimum absolute atomic E-state index is 0.174. The van der Waals surface area contributed by atoms with Crippen LogP contribution in [-0.4, -0.2) is 60.3 Å². The Balaban J connectivity index is 1.64. The lowest BCUT2D eigenvalue weighted by molar-refractivity contribution is -0.247. The SMILES string of the molecule is [N-]=[N+]=NC1C(O)OC(COC(=O)c2ccccc2)C(OC(=O)c2ccccc2)C1OC(=O)c1ccccc1. The quantitative estimate of drug-likeness (QED) is 0.156. The Morgan fingerprint density at radius 2 is 1.21 bits per heavy atom. The summed E-state index contributed by atoms with van der Waals surface area (Å²) < 4.78 is 22.2. The summed E-state index contributed by atoms with van der Waals surface area (Å²) in [5.41, 5.74) is 9.72. The van der Waals surface area contributed by atoms with Crippen LogP contribution in [0.1, 0.15) is 31.1 Å². The van der Waals surface area contributed by atoms with Crippen LogP contribution in [0.15, 0.2) is 96.1 Å². The van der Waals surface area contributed by atoms with E-state index in [-0.39, 0.29) is 16.7 Å². The molecule has 3 aromatic carbocycles. The van der Waals surface area contributed by atoms with Crippen molar-refractivity contribution in [1.82, 2.24) is 0 Å². The standard InChI is InChI=1S/C27H23N3O8/c28-30-29-21-23(38-26(33)19-14-8-3-9-15-19)22(37-25(32)18-12-6-2-7-13-18)20(36-27(21)34)16-35-24(31)17-10-4-1-5-11-17/h1-15,20-23,27,34H,16H2. The molecule has 11 heteroatoms. The van der Waals surface area contributed by atoms with Crippen LogP contribution in [-0.2, 0) is 18.9 Å². The van der Waals surface area contributed by atoms with E-state index in [9.17, 15) is 19.5 Å². The molecular formula is C27H23N3O8. The van der Waals surface area contributed by atoms with E-state index in [1.165, 1.54) is 24.3 Å². The first-order valence-corrected chi connectivity index (χ1v) is 11.6. The second kappa shape index (κ2) is 12.5. The zero-order valence-electron chi connectivity index (χ0n) is 19.9. The normalized spacial score (nSPS) is 22.4. The van der Waals surface area contributed by atoms with Crippen molar-refractivity contribution in [1.29, 1.82) is 0 Å². The first-order valence-electron chi connectivity index (χ1n) is 11.6. The summed E-state index contributed by atoms with van der Waals surface area (Å²) in [5.74, 6) is -2.30. The number of hydrogen-bond donors (Lipinski definition) is 1. The maximum absolute atomic E-state index is 13.0. The zero-order valence-corrected chi connectivity index (χ0v) is 19.9. The lowest BCUT2D eigenvalue weighted by Crippen LogP contribution is -2.60. The third-order valence-corrected chi connectivity index (χ3v) is 5.71. The minimum Gasteiger partial charge on any atom is -0.459 e. The van der Waals surface area contributed by atoms with Crippen molar-refractivity contribution < 1.29 is 38.4 Å². The number of esters is 3. The van der Waals surface area contributed by atoms with Gasteiger partial charge in [-0.05, 0) is 41.9 Å². The van der Waals surface area contributed by atoms with Gasteiger partial charge in [0.25, 0.3) is 0 Å². The number of aliphatic hydroxyl groups is 1. The molecule has 38 heavy (non-hydrogen) atoms. The maximum Gasteiger partial charge on any atom is 0.338 e. The Morgan fingerprint density at radius 1 is 0.763 bits per heavy atom. The first-order chi connectivity index (χ1) is 18.5. The predicted molar refractivity (Wildman–Crippen MR) is 132 cm³/mol. The van der Waals surface area contributed by atoms with Gasteiger partial charge in [0.1, 0.15) is 18.8 Å². The average molecular weight is 517 g/mol. The van der Waals surface area contributed by atoms with Gasteiger partial charge in [0.05, 0.1) is 16.7 Å². The number of hydrogen-bond acceptors (Lipinski definition) is 9. The third-order valence-electron chi connectivity index (χ3n) is 5.71. The molecule has 0 radical (unpaired) electrons. The van der Waals surface area contributed by atoms with Crippen molar-refractivity contribution in [2.24, 2.45) is 5.11 Å². The van der Waals surface area contributed by atoms with E-state index < -0.39 is 55.2 Å². The third kappa shape index (κ3) is 6.34. The summed E-state index contributed by atoms with van der Waals surface area (Å²) in [6.07, 6.45) is -5.93. The molecule has 11 nitrogen and oxygen atoms in total. The summed E-state index contributed by atoms with van der Waals surface area (Å²) in [6, 6.07) is 22.7. The van der Waals surface area contributed by atoms with Gasteiger partial charge >= 0.3 is 17.9 Å². The average Bonchev–Trinajstić information content (AvgIpc) is 2.96. The van der Waals surface area contributed by atoms with E-state index in [4.69, 9.17) is 24.5 Å². The Morgan fingerprint density at radius 3 is 1.68 bits per heavy atom. The Bertz CT molecular complexity index is 1300. The van der Waals surface area contributed by atoms with Gasteiger partial charge in [0.2, 0.25) is 0 Å². The van der Waals surface area contributed by atoms with E-state index in [1.54, 1.807) is 66.7 Å². The zero-order chi connectivity index (χ0) is 26.9. The molecule has 0 aromatic heterocycles. The number of ether oxygens (including phenoxy) is 4. The van der Waals surface area contributed by atoms with Crippen LogP contribution in [0, 0.1) is 0 Å². The topological polar surface area (TPSA) is 157 Å². The molecular weight excluding hydrogens is 494 g/mol. The molecule has 4 rings (SSSR count). The Kier molecular flexibility index (Phi) is 8.68. The van der Waals surface area contributed by atoms with Crippen molar-refractivity contribution >= 4 is 17.9 Å². The molecule has 0 amide bonds. The number of nitrogens with zero attached hydrogens (tertiary/aromatic N) is 3. The van der Waals surface area contributed by atoms with Crippen molar-refractivity contribution in [3.63, 3.8) is 0 Å². The molecule has 3 aromatic rings. The highest BCUT2D eigenvalue weighted by atomic mass is 16.7. The molecule has 0 aliphatic carbocycles. The number of carbonyl (C=O) groups is 3. The molecule has 1 aliphatic heterocycles. The highest BCUT2D eigenvalue weighted by Gasteiger charge is 2.50. The molecule has 5 atom stereocenters. The largest absolute Gasteiger partial charge is 0.459 e. The number of rotatable bonds is 8. The molecule has 1 fully saturated rings. The van der Waals surface area contributed by atoms with E-state index in [0.29, 0.717) is 0 Å². The van der Waals surface area contributed by atoms with Gasteiger partial charge in [-0.3, -0.25) is 0 Å². The fraction of sp³-hybridized carbons (Fsp3) is 0.222. The van der Waals surface area contributed by atoms with Crippen LogP contribution >= 0.6 is 0 Å². The summed E-state index contributed by atoms with van der Waals surface area (Å²) in [5, 5.41) is 14.1. The van der Waals surface area contributed by atoms with E-state index in [0.717, 1.165) is 0 Å². The van der Waals surface area contributed by atoms with Crippen molar-refractivity contribution in [2.45, 2.75) is 30.6 Å². The number of carbonyl (C=O) groups excluding carboxylic acids is 3. The molecule has 1 aliphatic rings. The smallest absolute Gasteiger partial charge is 0.338 e. The Labute approximate surface area is 217 Å². The van der Waals surface area contributed by atoms with E-state index in [2.05, 4.69) is 10.0 Å². The van der Waals surface area contributed by atoms with Gasteiger partial charge in [-0.1, -0.05) is 59.7 Å².